The summed E-state index contributed by atoms with van der Waals surface area (Å²) in [4.78, 5) is 30.0. The van der Waals surface area contributed by atoms with E-state index in [0.29, 0.717) is 18.5 Å². The molecule has 0 radical (unpaired) electrons. The lowest BCUT2D eigenvalue weighted by molar-refractivity contribution is -0.132. The van der Waals surface area contributed by atoms with E-state index in [-0.39, 0.29) is 18.0 Å². The number of aryl methyl sites for hydroxylation is 2. The van der Waals surface area contributed by atoms with Crippen LogP contribution in [0.25, 0.3) is 10.9 Å². The lowest BCUT2D eigenvalue weighted by Gasteiger charge is -2.23. The van der Waals surface area contributed by atoms with E-state index >= 15 is 0 Å². The van der Waals surface area contributed by atoms with Crippen molar-refractivity contribution >= 4 is 16.8 Å². The summed E-state index contributed by atoms with van der Waals surface area (Å²) in [5, 5.41) is 1.01. The number of nitrogens with zero attached hydrogens (tertiary/aromatic N) is 1. The average molecular weight is 378 g/mol. The van der Waals surface area contributed by atoms with E-state index in [2.05, 4.69) is 4.98 Å². The van der Waals surface area contributed by atoms with Gasteiger partial charge in [-0.1, -0.05) is 37.3 Å². The smallest absolute Gasteiger partial charge is 0.253 e. The number of nitrogens with one attached hydrogen (secondary N) is 1. The molecule has 146 valence electrons. The number of pyridine rings is 1. The van der Waals surface area contributed by atoms with Crippen molar-refractivity contribution in [3.63, 3.8) is 0 Å². The predicted molar refractivity (Wildman–Crippen MR) is 112 cm³/mol. The molecule has 0 saturated heterocycles. The average Bonchev–Trinajstić information content (AvgIpc) is 2.71. The molecule has 3 rings (SSSR count). The Labute approximate surface area is 165 Å². The summed E-state index contributed by atoms with van der Waals surface area (Å²) in [6, 6.07) is 13.6. The molecule has 0 atom stereocenters. The van der Waals surface area contributed by atoms with Gasteiger partial charge in [-0.2, -0.15) is 0 Å². The second-order valence-corrected chi connectivity index (χ2v) is 7.03. The van der Waals surface area contributed by atoms with Crippen LogP contribution in [0.3, 0.4) is 0 Å². The van der Waals surface area contributed by atoms with E-state index in [0.717, 1.165) is 33.3 Å². The minimum Gasteiger partial charge on any atom is -0.496 e. The third-order valence-corrected chi connectivity index (χ3v) is 5.09. The van der Waals surface area contributed by atoms with E-state index in [1.165, 1.54) is 0 Å². The molecule has 5 heteroatoms. The normalized spacial score (nSPS) is 10.9. The van der Waals surface area contributed by atoms with Gasteiger partial charge in [-0.05, 0) is 37.1 Å². The number of para-hydroxylation sites is 1. The monoisotopic (exact) mass is 378 g/mol. The van der Waals surface area contributed by atoms with Crippen molar-refractivity contribution in [3.8, 4) is 5.75 Å². The third kappa shape index (κ3) is 3.93. The zero-order valence-corrected chi connectivity index (χ0v) is 16.8. The first-order valence-electron chi connectivity index (χ1n) is 9.46. The van der Waals surface area contributed by atoms with Crippen molar-refractivity contribution in [1.82, 2.24) is 9.88 Å². The van der Waals surface area contributed by atoms with Gasteiger partial charge in [0.25, 0.3) is 5.56 Å². The van der Waals surface area contributed by atoms with Crippen LogP contribution in [-0.4, -0.2) is 22.9 Å². The van der Waals surface area contributed by atoms with E-state index < -0.39 is 0 Å². The van der Waals surface area contributed by atoms with Gasteiger partial charge < -0.3 is 14.6 Å². The number of aromatic amines is 1. The van der Waals surface area contributed by atoms with E-state index in [4.69, 9.17) is 4.74 Å². The Bertz CT molecular complexity index is 1070. The molecule has 2 aromatic carbocycles. The summed E-state index contributed by atoms with van der Waals surface area (Å²) in [5.41, 5.74) is 4.31. The van der Waals surface area contributed by atoms with Gasteiger partial charge in [-0.3, -0.25) is 9.59 Å². The number of carbonyl (C=O) groups is 1. The molecular weight excluding hydrogens is 352 g/mol. The summed E-state index contributed by atoms with van der Waals surface area (Å²) in [7, 11) is 1.62. The number of carbonyl (C=O) groups excluding carboxylic acids is 1. The number of amides is 1. The molecule has 28 heavy (non-hydrogen) atoms. The number of hydrogen-bond donors (Lipinski definition) is 1. The van der Waals surface area contributed by atoms with Crippen molar-refractivity contribution in [2.45, 2.75) is 40.3 Å². The van der Waals surface area contributed by atoms with Gasteiger partial charge in [0.05, 0.1) is 19.2 Å². The maximum absolute atomic E-state index is 12.7. The Hall–Kier alpha value is -3.08. The van der Waals surface area contributed by atoms with Crippen molar-refractivity contribution < 1.29 is 9.53 Å². The zero-order valence-electron chi connectivity index (χ0n) is 16.8. The third-order valence-electron chi connectivity index (χ3n) is 5.09. The fourth-order valence-electron chi connectivity index (χ4n) is 3.44. The van der Waals surface area contributed by atoms with Crippen LogP contribution in [0.5, 0.6) is 5.75 Å². The highest BCUT2D eigenvalue weighted by molar-refractivity contribution is 5.85. The van der Waals surface area contributed by atoms with Gasteiger partial charge in [0.1, 0.15) is 5.75 Å². The molecule has 0 bridgehead atoms. The molecule has 0 unspecified atom stereocenters. The minimum atomic E-state index is -0.157. The van der Waals surface area contributed by atoms with Gasteiger partial charge in [0.15, 0.2) is 0 Å². The minimum absolute atomic E-state index is 0.00799. The van der Waals surface area contributed by atoms with Crippen LogP contribution in [0.1, 0.15) is 35.6 Å². The summed E-state index contributed by atoms with van der Waals surface area (Å²) in [5.74, 6) is 0.724. The number of methoxy groups -OCH3 is 1. The molecule has 1 heterocycles. The lowest BCUT2D eigenvalue weighted by atomic mass is 10.0. The number of rotatable bonds is 6. The Balaban J connectivity index is 1.99. The Morgan fingerprint density at radius 1 is 1.04 bits per heavy atom. The molecule has 1 N–H and O–H groups in total. The number of aromatic nitrogens is 1. The second kappa shape index (κ2) is 8.30. The highest BCUT2D eigenvalue weighted by Gasteiger charge is 2.17. The molecular formula is C23H26N2O3. The molecule has 0 aliphatic heterocycles. The van der Waals surface area contributed by atoms with Crippen LogP contribution in [0.4, 0.5) is 0 Å². The molecule has 0 aliphatic rings. The zero-order chi connectivity index (χ0) is 20.3. The summed E-state index contributed by atoms with van der Waals surface area (Å²) >= 11 is 0. The van der Waals surface area contributed by atoms with Crippen molar-refractivity contribution in [3.05, 3.63) is 75.1 Å². The molecule has 1 aromatic heterocycles. The summed E-state index contributed by atoms with van der Waals surface area (Å²) in [6.45, 7) is 6.47. The highest BCUT2D eigenvalue weighted by Crippen LogP contribution is 2.23. The summed E-state index contributed by atoms with van der Waals surface area (Å²) < 4.78 is 5.41. The van der Waals surface area contributed by atoms with Gasteiger partial charge >= 0.3 is 0 Å². The Morgan fingerprint density at radius 2 is 1.71 bits per heavy atom. The molecule has 0 saturated carbocycles. The quantitative estimate of drug-likeness (QED) is 0.703. The molecule has 0 fully saturated rings. The maximum atomic E-state index is 12.7. The van der Waals surface area contributed by atoms with Crippen molar-refractivity contribution in [1.29, 1.82) is 0 Å². The van der Waals surface area contributed by atoms with Crippen LogP contribution in [0.2, 0.25) is 0 Å². The molecule has 1 amide bonds. The van der Waals surface area contributed by atoms with Crippen LogP contribution in [0.15, 0.2) is 47.3 Å². The van der Waals surface area contributed by atoms with Crippen LogP contribution < -0.4 is 10.3 Å². The fourth-order valence-corrected chi connectivity index (χ4v) is 3.44. The number of hydrogen-bond acceptors (Lipinski definition) is 3. The maximum Gasteiger partial charge on any atom is 0.253 e. The van der Waals surface area contributed by atoms with Gasteiger partial charge in [0.2, 0.25) is 5.91 Å². The van der Waals surface area contributed by atoms with Gasteiger partial charge in [-0.25, -0.2) is 0 Å². The fraction of sp³-hybridized carbons (Fsp3) is 0.304. The Kier molecular flexibility index (Phi) is 5.83. The first kappa shape index (κ1) is 19.7. The first-order valence-corrected chi connectivity index (χ1v) is 9.46. The molecule has 0 spiro atoms. The van der Waals surface area contributed by atoms with Crippen LogP contribution in [0, 0.1) is 13.8 Å². The van der Waals surface area contributed by atoms with Gasteiger partial charge in [0, 0.05) is 29.5 Å². The largest absolute Gasteiger partial charge is 0.496 e. The standard InChI is InChI=1S/C23H26N2O3/c1-5-21(26)25(13-17-8-6-7-9-20(17)28-4)14-18-12-19-15(2)10-11-16(3)22(19)24-23(18)27/h6-12H,5,13-14H2,1-4H3,(H,24,27). The van der Waals surface area contributed by atoms with Crippen LogP contribution in [-0.2, 0) is 17.9 Å². The number of H-pyrrole nitrogens is 1. The topological polar surface area (TPSA) is 62.4 Å². The molecule has 0 aliphatic carbocycles. The Morgan fingerprint density at radius 3 is 2.43 bits per heavy atom. The number of fused-ring (bicyclic) bond motifs is 1. The molecule has 3 aromatic rings. The second-order valence-electron chi connectivity index (χ2n) is 7.03. The van der Waals surface area contributed by atoms with Crippen molar-refractivity contribution in [2.75, 3.05) is 7.11 Å². The number of benzene rings is 2. The summed E-state index contributed by atoms with van der Waals surface area (Å²) in [6.07, 6.45) is 0.374. The SMILES string of the molecule is CCC(=O)N(Cc1ccccc1OC)Cc1cc2c(C)ccc(C)c2[nH]c1=O. The molecule has 5 nitrogen and oxygen atoms in total. The number of ether oxygens (including phenoxy) is 1. The van der Waals surface area contributed by atoms with Crippen molar-refractivity contribution in [2.24, 2.45) is 0 Å². The first-order chi connectivity index (χ1) is 13.4. The lowest BCUT2D eigenvalue weighted by Crippen LogP contribution is -2.32. The van der Waals surface area contributed by atoms with Gasteiger partial charge in [-0.15, -0.1) is 0 Å². The van der Waals surface area contributed by atoms with E-state index in [1.54, 1.807) is 12.0 Å². The van der Waals surface area contributed by atoms with Crippen LogP contribution >= 0.6 is 0 Å². The predicted octanol–water partition coefficient (Wildman–Crippen LogP) is 4.09. The van der Waals surface area contributed by atoms with E-state index in [9.17, 15) is 9.59 Å². The highest BCUT2D eigenvalue weighted by atomic mass is 16.5. The van der Waals surface area contributed by atoms with E-state index in [1.807, 2.05) is 63.2 Å².